The van der Waals surface area contributed by atoms with E-state index in [9.17, 15) is 4.79 Å². The van der Waals surface area contributed by atoms with Crippen molar-refractivity contribution in [2.45, 2.75) is 64.7 Å². The number of thiazole rings is 1. The van der Waals surface area contributed by atoms with E-state index in [-0.39, 0.29) is 5.91 Å². The third-order valence-electron chi connectivity index (χ3n) is 4.95. The summed E-state index contributed by atoms with van der Waals surface area (Å²) < 4.78 is 5.83. The highest BCUT2D eigenvalue weighted by Crippen LogP contribution is 2.24. The summed E-state index contributed by atoms with van der Waals surface area (Å²) in [5.41, 5.74) is 0.621. The maximum Gasteiger partial charge on any atom is 0.273 e. The molecular weight excluding hydrogens is 322 g/mol. The molecule has 5 nitrogen and oxygen atoms in total. The Morgan fingerprint density at radius 1 is 1.25 bits per heavy atom. The Hall–Kier alpha value is -0.980. The second-order valence-electron chi connectivity index (χ2n) is 7.46. The highest BCUT2D eigenvalue weighted by atomic mass is 32.1. The number of carbonyl (C=O) groups excluding carboxylic acids is 1. The molecule has 2 aliphatic heterocycles. The third kappa shape index (κ3) is 3.98. The van der Waals surface area contributed by atoms with Crippen LogP contribution in [0.5, 0.6) is 0 Å². The van der Waals surface area contributed by atoms with Gasteiger partial charge in [-0.2, -0.15) is 0 Å². The molecule has 0 bridgehead atoms. The first-order valence-corrected chi connectivity index (χ1v) is 9.96. The van der Waals surface area contributed by atoms with E-state index in [4.69, 9.17) is 4.74 Å². The van der Waals surface area contributed by atoms with Gasteiger partial charge in [0.2, 0.25) is 0 Å². The molecule has 0 saturated carbocycles. The average Bonchev–Trinajstić information content (AvgIpc) is 3.03. The van der Waals surface area contributed by atoms with Crippen LogP contribution in [0.4, 0.5) is 0 Å². The molecular formula is C18H29N3O2S. The molecule has 3 heterocycles. The predicted octanol–water partition coefficient (Wildman–Crippen LogP) is 2.98. The zero-order valence-corrected chi connectivity index (χ0v) is 16.0. The summed E-state index contributed by atoms with van der Waals surface area (Å²) in [6.07, 6.45) is 2.70. The molecule has 134 valence electrons. The molecule has 0 radical (unpaired) electrons. The zero-order chi connectivity index (χ0) is 17.3. The van der Waals surface area contributed by atoms with Crippen LogP contribution >= 0.6 is 11.3 Å². The number of carbonyl (C=O) groups is 1. The first-order valence-electron chi connectivity index (χ1n) is 9.08. The second-order valence-corrected chi connectivity index (χ2v) is 8.35. The maximum absolute atomic E-state index is 12.7. The molecule has 0 aliphatic carbocycles. The first-order chi connectivity index (χ1) is 11.4. The number of amides is 1. The third-order valence-corrected chi connectivity index (χ3v) is 6.10. The van der Waals surface area contributed by atoms with E-state index >= 15 is 0 Å². The van der Waals surface area contributed by atoms with Crippen LogP contribution in [0.2, 0.25) is 0 Å². The van der Waals surface area contributed by atoms with Crippen LogP contribution in [0.1, 0.15) is 62.0 Å². The van der Waals surface area contributed by atoms with Gasteiger partial charge in [-0.3, -0.25) is 9.69 Å². The summed E-state index contributed by atoms with van der Waals surface area (Å²) in [5, 5.41) is 2.96. The summed E-state index contributed by atoms with van der Waals surface area (Å²) in [5.74, 6) is 0.480. The van der Waals surface area contributed by atoms with Crippen molar-refractivity contribution in [3.8, 4) is 0 Å². The van der Waals surface area contributed by atoms with Crippen LogP contribution in [0, 0.1) is 0 Å². The van der Waals surface area contributed by atoms with Crippen molar-refractivity contribution in [3.05, 3.63) is 16.1 Å². The quantitative estimate of drug-likeness (QED) is 0.840. The molecule has 0 unspecified atom stereocenters. The Labute approximate surface area is 149 Å². The molecule has 6 heteroatoms. The lowest BCUT2D eigenvalue weighted by atomic mass is 10.0. The summed E-state index contributed by atoms with van der Waals surface area (Å²) in [7, 11) is 0. The van der Waals surface area contributed by atoms with Gasteiger partial charge in [-0.25, -0.2) is 4.98 Å². The van der Waals surface area contributed by atoms with E-state index < -0.39 is 0 Å². The van der Waals surface area contributed by atoms with Gasteiger partial charge >= 0.3 is 0 Å². The fourth-order valence-electron chi connectivity index (χ4n) is 3.76. The van der Waals surface area contributed by atoms with Crippen molar-refractivity contribution >= 4 is 17.2 Å². The van der Waals surface area contributed by atoms with Crippen molar-refractivity contribution in [1.29, 1.82) is 0 Å². The smallest absolute Gasteiger partial charge is 0.273 e. The second kappa shape index (κ2) is 7.50. The lowest BCUT2D eigenvalue weighted by Crippen LogP contribution is -2.53. The Kier molecular flexibility index (Phi) is 5.57. The fourth-order valence-corrected chi connectivity index (χ4v) is 4.57. The minimum absolute atomic E-state index is 0.0975. The highest BCUT2D eigenvalue weighted by Gasteiger charge is 2.32. The minimum Gasteiger partial charge on any atom is -0.373 e. The lowest BCUT2D eigenvalue weighted by molar-refractivity contribution is -0.0856. The number of nitrogens with zero attached hydrogens (tertiary/aromatic N) is 3. The number of likely N-dealkylation sites (tertiary alicyclic amines) is 1. The summed E-state index contributed by atoms with van der Waals surface area (Å²) in [6, 6.07) is 0.574. The van der Waals surface area contributed by atoms with E-state index in [0.717, 1.165) is 44.0 Å². The Morgan fingerprint density at radius 3 is 2.42 bits per heavy atom. The molecule has 1 aromatic rings. The first kappa shape index (κ1) is 17.8. The number of morpholine rings is 1. The fraction of sp³-hybridized carbons (Fsp3) is 0.778. The Balaban J connectivity index is 1.55. The van der Waals surface area contributed by atoms with Gasteiger partial charge in [0.1, 0.15) is 5.69 Å². The standard InChI is InChI=1S/C18H29N3O2S/c1-12(2)17-19-16(11-24-17)18(22)20-7-5-15(6-8-20)21-9-13(3)23-14(4)10-21/h11-15H,5-10H2,1-4H3/t13-,14+. The van der Waals surface area contributed by atoms with Crippen LogP contribution in [-0.2, 0) is 4.74 Å². The summed E-state index contributed by atoms with van der Waals surface area (Å²) >= 11 is 1.59. The van der Waals surface area contributed by atoms with E-state index in [1.165, 1.54) is 0 Å². The monoisotopic (exact) mass is 351 g/mol. The molecule has 2 atom stereocenters. The van der Waals surface area contributed by atoms with Gasteiger partial charge in [-0.1, -0.05) is 13.8 Å². The van der Waals surface area contributed by atoms with Crippen LogP contribution in [0.25, 0.3) is 0 Å². The van der Waals surface area contributed by atoms with Gasteiger partial charge < -0.3 is 9.64 Å². The molecule has 0 aromatic carbocycles. The zero-order valence-electron chi connectivity index (χ0n) is 15.2. The van der Waals surface area contributed by atoms with E-state index in [0.29, 0.717) is 29.9 Å². The van der Waals surface area contributed by atoms with Gasteiger partial charge in [0.15, 0.2) is 0 Å². The predicted molar refractivity (Wildman–Crippen MR) is 96.7 cm³/mol. The van der Waals surface area contributed by atoms with Crippen molar-refractivity contribution < 1.29 is 9.53 Å². The van der Waals surface area contributed by atoms with Gasteiger partial charge in [-0.15, -0.1) is 11.3 Å². The van der Waals surface area contributed by atoms with Crippen molar-refractivity contribution in [1.82, 2.24) is 14.8 Å². The van der Waals surface area contributed by atoms with Crippen LogP contribution < -0.4 is 0 Å². The molecule has 2 aliphatic rings. The molecule has 0 N–H and O–H groups in total. The molecule has 3 rings (SSSR count). The van der Waals surface area contributed by atoms with Crippen LogP contribution in [0.15, 0.2) is 5.38 Å². The highest BCUT2D eigenvalue weighted by molar-refractivity contribution is 7.09. The maximum atomic E-state index is 12.7. The minimum atomic E-state index is 0.0975. The number of hydrogen-bond acceptors (Lipinski definition) is 5. The topological polar surface area (TPSA) is 45.7 Å². The van der Waals surface area contributed by atoms with E-state index in [1.807, 2.05) is 10.3 Å². The van der Waals surface area contributed by atoms with Crippen LogP contribution in [0.3, 0.4) is 0 Å². The number of piperidine rings is 1. The van der Waals surface area contributed by atoms with Gasteiger partial charge in [0.25, 0.3) is 5.91 Å². The Morgan fingerprint density at radius 2 is 1.88 bits per heavy atom. The largest absolute Gasteiger partial charge is 0.373 e. The number of hydrogen-bond donors (Lipinski definition) is 0. The van der Waals surface area contributed by atoms with Gasteiger partial charge in [-0.05, 0) is 26.7 Å². The molecule has 1 aromatic heterocycles. The number of aromatic nitrogens is 1. The summed E-state index contributed by atoms with van der Waals surface area (Å²) in [6.45, 7) is 12.2. The summed E-state index contributed by atoms with van der Waals surface area (Å²) in [4.78, 5) is 21.7. The molecule has 1 amide bonds. The lowest BCUT2D eigenvalue weighted by Gasteiger charge is -2.43. The normalized spacial score (nSPS) is 27.0. The van der Waals surface area contributed by atoms with Crippen molar-refractivity contribution in [2.75, 3.05) is 26.2 Å². The number of rotatable bonds is 3. The van der Waals surface area contributed by atoms with Gasteiger partial charge in [0, 0.05) is 43.5 Å². The molecule has 2 saturated heterocycles. The van der Waals surface area contributed by atoms with E-state index in [1.54, 1.807) is 11.3 Å². The van der Waals surface area contributed by atoms with Gasteiger partial charge in [0.05, 0.1) is 17.2 Å². The Bertz CT molecular complexity index is 556. The average molecular weight is 352 g/mol. The molecule has 24 heavy (non-hydrogen) atoms. The van der Waals surface area contributed by atoms with Crippen molar-refractivity contribution in [3.63, 3.8) is 0 Å². The van der Waals surface area contributed by atoms with Crippen molar-refractivity contribution in [2.24, 2.45) is 0 Å². The number of ether oxygens (including phenoxy) is 1. The molecule has 2 fully saturated rings. The van der Waals surface area contributed by atoms with E-state index in [2.05, 4.69) is 37.6 Å². The SMILES string of the molecule is CC(C)c1nc(C(=O)N2CCC(N3C[C@@H](C)O[C@@H](C)C3)CC2)cs1. The molecule has 0 spiro atoms. The van der Waals surface area contributed by atoms with Crippen LogP contribution in [-0.4, -0.2) is 65.1 Å².